The molecule has 172 valence electrons. The van der Waals surface area contributed by atoms with Crippen LogP contribution in [-0.4, -0.2) is 19.9 Å². The molecule has 3 N–H and O–H groups in total. The Bertz CT molecular complexity index is 1330. The number of hydrogen-bond acceptors (Lipinski definition) is 5. The summed E-state index contributed by atoms with van der Waals surface area (Å²) < 4.78 is 107. The maximum atomic E-state index is 14.5. The second kappa shape index (κ2) is 7.86. The third-order valence-electron chi connectivity index (χ3n) is 4.28. The first-order chi connectivity index (χ1) is 15.4. The fourth-order valence-electron chi connectivity index (χ4n) is 2.81. The summed E-state index contributed by atoms with van der Waals surface area (Å²) in [6.45, 7) is 0. The first-order valence-corrected chi connectivity index (χ1v) is 8.92. The predicted octanol–water partition coefficient (Wildman–Crippen LogP) is 6.16. The maximum Gasteiger partial charge on any atom is 0.449 e. The number of halogens is 8. The largest absolute Gasteiger partial charge is 0.449 e. The van der Waals surface area contributed by atoms with Gasteiger partial charge in [-0.3, -0.25) is 0 Å². The van der Waals surface area contributed by atoms with Gasteiger partial charge in [-0.15, -0.1) is 0 Å². The van der Waals surface area contributed by atoms with E-state index in [0.717, 1.165) is 18.2 Å². The molecule has 4 rings (SSSR count). The Morgan fingerprint density at radius 1 is 0.697 bits per heavy atom. The lowest BCUT2D eigenvalue weighted by atomic mass is 10.1. The maximum absolute atomic E-state index is 14.5. The van der Waals surface area contributed by atoms with Gasteiger partial charge >= 0.3 is 12.4 Å². The van der Waals surface area contributed by atoms with E-state index in [1.165, 1.54) is 18.2 Å². The fourth-order valence-corrected chi connectivity index (χ4v) is 2.81. The van der Waals surface area contributed by atoms with E-state index in [4.69, 9.17) is 0 Å². The topological polar surface area (TPSA) is 78.5 Å². The molecule has 2 aromatic carbocycles. The highest BCUT2D eigenvalue weighted by Gasteiger charge is 2.36. The van der Waals surface area contributed by atoms with Gasteiger partial charge < -0.3 is 15.6 Å². The number of nitrogens with zero attached hydrogens (tertiary/aromatic N) is 3. The van der Waals surface area contributed by atoms with Crippen molar-refractivity contribution in [2.24, 2.45) is 0 Å². The number of hydrogen-bond donors (Lipinski definition) is 3. The van der Waals surface area contributed by atoms with Gasteiger partial charge in [0.25, 0.3) is 0 Å². The molecule has 0 bridgehead atoms. The van der Waals surface area contributed by atoms with Crippen LogP contribution in [0.4, 0.5) is 58.1 Å². The molecule has 0 spiro atoms. The summed E-state index contributed by atoms with van der Waals surface area (Å²) in [6, 6.07) is 7.53. The van der Waals surface area contributed by atoms with E-state index in [-0.39, 0.29) is 5.69 Å². The minimum atomic E-state index is -5.00. The van der Waals surface area contributed by atoms with Crippen molar-refractivity contribution < 1.29 is 35.1 Å². The van der Waals surface area contributed by atoms with Crippen LogP contribution in [0, 0.1) is 11.6 Å². The molecule has 0 atom stereocenters. The molecule has 0 fully saturated rings. The summed E-state index contributed by atoms with van der Waals surface area (Å²) in [7, 11) is 0. The first-order valence-electron chi connectivity index (χ1n) is 8.92. The van der Waals surface area contributed by atoms with E-state index in [1.54, 1.807) is 0 Å². The van der Waals surface area contributed by atoms with Gasteiger partial charge in [0.2, 0.25) is 5.82 Å². The Hall–Kier alpha value is -3.97. The molecule has 2 aromatic heterocycles. The van der Waals surface area contributed by atoms with Crippen molar-refractivity contribution in [1.82, 2.24) is 19.9 Å². The van der Waals surface area contributed by atoms with Gasteiger partial charge in [0.05, 0.1) is 16.9 Å². The van der Waals surface area contributed by atoms with E-state index < -0.39 is 64.0 Å². The number of H-pyrrole nitrogens is 1. The summed E-state index contributed by atoms with van der Waals surface area (Å²) >= 11 is 0. The lowest BCUT2D eigenvalue weighted by Crippen LogP contribution is -2.10. The monoisotopic (exact) mass is 474 g/mol. The second-order valence-electron chi connectivity index (χ2n) is 6.57. The molecule has 33 heavy (non-hydrogen) atoms. The summed E-state index contributed by atoms with van der Waals surface area (Å²) in [6.07, 6.45) is -9.88. The molecule has 14 heteroatoms. The van der Waals surface area contributed by atoms with Crippen LogP contribution < -0.4 is 10.6 Å². The Kier molecular flexibility index (Phi) is 5.30. The van der Waals surface area contributed by atoms with Crippen LogP contribution in [0.5, 0.6) is 0 Å². The van der Waals surface area contributed by atoms with Crippen LogP contribution in [-0.2, 0) is 12.4 Å². The zero-order chi connectivity index (χ0) is 24.0. The van der Waals surface area contributed by atoms with E-state index in [2.05, 4.69) is 25.6 Å². The average molecular weight is 474 g/mol. The first kappa shape index (κ1) is 22.2. The SMILES string of the molecule is Fc1ccccc1Nc1nc2nc(C(F)(F)F)[nH]c2nc1Nc1cccc(C(F)(F)F)c1F. The number of alkyl halides is 6. The number of benzene rings is 2. The van der Waals surface area contributed by atoms with Crippen molar-refractivity contribution in [2.75, 3.05) is 10.6 Å². The fraction of sp³-hybridized carbons (Fsp3) is 0.105. The molecule has 0 amide bonds. The van der Waals surface area contributed by atoms with Gasteiger partial charge in [-0.05, 0) is 24.3 Å². The molecule has 0 saturated carbocycles. The number of imidazole rings is 1. The minimum absolute atomic E-state index is 0.176. The van der Waals surface area contributed by atoms with Crippen molar-refractivity contribution in [3.8, 4) is 0 Å². The number of aromatic amines is 1. The van der Waals surface area contributed by atoms with E-state index >= 15 is 0 Å². The molecule has 0 aliphatic rings. The standard InChI is InChI=1S/C19H10F8N6/c20-9-5-1-2-6-10(9)28-13-14(29-11-7-3-4-8(12(11)21)18(22,23)24)31-16-15(30-13)32-17(33-16)19(25,26)27/h1-7H,(H3,28,29,30,31,32,33). The lowest BCUT2D eigenvalue weighted by Gasteiger charge is -2.15. The molecular formula is C19H10F8N6. The number of anilines is 4. The van der Waals surface area contributed by atoms with Gasteiger partial charge in [0.1, 0.15) is 5.82 Å². The second-order valence-corrected chi connectivity index (χ2v) is 6.57. The van der Waals surface area contributed by atoms with Crippen LogP contribution in [0.15, 0.2) is 42.5 Å². The highest BCUT2D eigenvalue weighted by Crippen LogP contribution is 2.36. The number of aromatic nitrogens is 4. The molecule has 0 radical (unpaired) electrons. The zero-order valence-corrected chi connectivity index (χ0v) is 15.9. The van der Waals surface area contributed by atoms with Crippen LogP contribution in [0.2, 0.25) is 0 Å². The molecular weight excluding hydrogens is 464 g/mol. The highest BCUT2D eigenvalue weighted by atomic mass is 19.4. The Morgan fingerprint density at radius 2 is 1.33 bits per heavy atom. The third kappa shape index (κ3) is 4.49. The third-order valence-corrected chi connectivity index (χ3v) is 4.28. The molecule has 6 nitrogen and oxygen atoms in total. The van der Waals surface area contributed by atoms with Gasteiger partial charge in [0.15, 0.2) is 28.7 Å². The smallest absolute Gasteiger partial charge is 0.335 e. The molecule has 0 aliphatic carbocycles. The van der Waals surface area contributed by atoms with E-state index in [9.17, 15) is 35.1 Å². The summed E-state index contributed by atoms with van der Waals surface area (Å²) in [5, 5.41) is 4.75. The highest BCUT2D eigenvalue weighted by molar-refractivity contribution is 5.80. The zero-order valence-electron chi connectivity index (χ0n) is 15.9. The summed E-state index contributed by atoms with van der Waals surface area (Å²) in [4.78, 5) is 12.9. The number of para-hydroxylation sites is 1. The van der Waals surface area contributed by atoms with Crippen molar-refractivity contribution in [1.29, 1.82) is 0 Å². The van der Waals surface area contributed by atoms with Gasteiger partial charge in [0, 0.05) is 0 Å². The number of fused-ring (bicyclic) bond motifs is 1. The van der Waals surface area contributed by atoms with Crippen molar-refractivity contribution in [3.05, 3.63) is 65.5 Å². The molecule has 0 saturated heterocycles. The van der Waals surface area contributed by atoms with Gasteiger partial charge in [-0.25, -0.2) is 23.7 Å². The van der Waals surface area contributed by atoms with Gasteiger partial charge in [-0.2, -0.15) is 26.3 Å². The van der Waals surface area contributed by atoms with Crippen LogP contribution in [0.1, 0.15) is 11.4 Å². The Balaban J connectivity index is 1.84. The molecule has 0 unspecified atom stereocenters. The molecule has 4 aromatic rings. The van der Waals surface area contributed by atoms with E-state index in [0.29, 0.717) is 6.07 Å². The molecule has 2 heterocycles. The predicted molar refractivity (Wildman–Crippen MR) is 101 cm³/mol. The Morgan fingerprint density at radius 3 is 2.00 bits per heavy atom. The van der Waals surface area contributed by atoms with Crippen LogP contribution in [0.25, 0.3) is 11.3 Å². The normalized spacial score (nSPS) is 12.2. The van der Waals surface area contributed by atoms with Crippen LogP contribution >= 0.6 is 0 Å². The quantitative estimate of drug-likeness (QED) is 0.309. The number of rotatable bonds is 4. The van der Waals surface area contributed by atoms with Crippen molar-refractivity contribution in [3.63, 3.8) is 0 Å². The average Bonchev–Trinajstić information content (AvgIpc) is 3.14. The van der Waals surface area contributed by atoms with Crippen molar-refractivity contribution >= 4 is 34.3 Å². The van der Waals surface area contributed by atoms with Crippen LogP contribution in [0.3, 0.4) is 0 Å². The minimum Gasteiger partial charge on any atom is -0.335 e. The summed E-state index contributed by atoms with van der Waals surface area (Å²) in [5.41, 5.74) is -3.45. The van der Waals surface area contributed by atoms with Gasteiger partial charge in [-0.1, -0.05) is 18.2 Å². The Labute approximate surface area is 178 Å². The number of nitrogens with one attached hydrogen (secondary N) is 3. The van der Waals surface area contributed by atoms with E-state index in [1.807, 2.05) is 4.98 Å². The van der Waals surface area contributed by atoms with Crippen molar-refractivity contribution in [2.45, 2.75) is 12.4 Å². The lowest BCUT2D eigenvalue weighted by molar-refractivity contribution is -0.144. The summed E-state index contributed by atoms with van der Waals surface area (Å²) in [5.74, 6) is -4.78. The molecule has 0 aliphatic heterocycles.